The molecular weight excluding hydrogens is 385 g/mol. The molecule has 0 aliphatic heterocycles. The summed E-state index contributed by atoms with van der Waals surface area (Å²) in [7, 11) is 0. The van der Waals surface area contributed by atoms with Crippen LogP contribution in [-0.2, 0) is 21.0 Å². The maximum absolute atomic E-state index is 12.3. The molecule has 0 radical (unpaired) electrons. The standard InChI is InChI=1S/C16H13Cl2N3O3S/c17-11-3-1-9(2-4-11)10-5-14(22)12(15(23)6-10)7-19-24-8-13-16(18)25-21-20-13/h1-4,7,10,12H,5-6,8H2. The van der Waals surface area contributed by atoms with Crippen molar-refractivity contribution in [2.45, 2.75) is 25.4 Å². The number of aromatic nitrogens is 2. The molecule has 1 fully saturated rings. The zero-order valence-corrected chi connectivity index (χ0v) is 15.2. The van der Waals surface area contributed by atoms with Crippen LogP contribution in [0.5, 0.6) is 0 Å². The highest BCUT2D eigenvalue weighted by Crippen LogP contribution is 2.32. The molecule has 0 unspecified atom stereocenters. The number of Topliss-reactive ketones (excluding diaryl/α,β-unsaturated/α-hetero) is 2. The number of hydrogen-bond acceptors (Lipinski definition) is 7. The molecule has 0 spiro atoms. The Balaban J connectivity index is 1.58. The lowest BCUT2D eigenvalue weighted by Crippen LogP contribution is -2.33. The van der Waals surface area contributed by atoms with Gasteiger partial charge in [-0.15, -0.1) is 5.10 Å². The number of halogens is 2. The Kier molecular flexibility index (Phi) is 5.78. The Morgan fingerprint density at radius 2 is 1.88 bits per heavy atom. The van der Waals surface area contributed by atoms with Gasteiger partial charge < -0.3 is 4.84 Å². The minimum atomic E-state index is -0.868. The first-order valence-electron chi connectivity index (χ1n) is 7.47. The van der Waals surface area contributed by atoms with Crippen molar-refractivity contribution in [3.05, 3.63) is 44.9 Å². The number of benzene rings is 1. The van der Waals surface area contributed by atoms with Gasteiger partial charge in [0.15, 0.2) is 6.61 Å². The SMILES string of the molecule is O=C1CC(c2ccc(Cl)cc2)CC(=O)C1C=NOCc1nnsc1Cl. The van der Waals surface area contributed by atoms with Crippen LogP contribution in [0.15, 0.2) is 29.4 Å². The Labute approximate surface area is 157 Å². The third-order valence-corrected chi connectivity index (χ3v) is 5.16. The van der Waals surface area contributed by atoms with E-state index in [0.717, 1.165) is 17.1 Å². The molecule has 3 rings (SSSR count). The zero-order chi connectivity index (χ0) is 17.8. The van der Waals surface area contributed by atoms with Gasteiger partial charge in [0, 0.05) is 29.4 Å². The Morgan fingerprint density at radius 3 is 2.48 bits per heavy atom. The lowest BCUT2D eigenvalue weighted by atomic mass is 9.77. The van der Waals surface area contributed by atoms with E-state index in [4.69, 9.17) is 28.0 Å². The van der Waals surface area contributed by atoms with Crippen LogP contribution in [0.2, 0.25) is 9.36 Å². The van der Waals surface area contributed by atoms with Crippen LogP contribution < -0.4 is 0 Å². The third-order valence-electron chi connectivity index (χ3n) is 3.93. The Morgan fingerprint density at radius 1 is 1.20 bits per heavy atom. The predicted octanol–water partition coefficient (Wildman–Crippen LogP) is 3.68. The molecule has 130 valence electrons. The molecule has 0 saturated heterocycles. The van der Waals surface area contributed by atoms with Gasteiger partial charge in [-0.05, 0) is 23.6 Å². The van der Waals surface area contributed by atoms with Crippen LogP contribution >= 0.6 is 34.7 Å². The van der Waals surface area contributed by atoms with Crippen LogP contribution in [0.4, 0.5) is 0 Å². The van der Waals surface area contributed by atoms with Crippen molar-refractivity contribution in [1.29, 1.82) is 0 Å². The van der Waals surface area contributed by atoms with Gasteiger partial charge >= 0.3 is 0 Å². The first-order chi connectivity index (χ1) is 12.0. The number of rotatable bonds is 5. The lowest BCUT2D eigenvalue weighted by molar-refractivity contribution is -0.133. The molecule has 1 saturated carbocycles. The lowest BCUT2D eigenvalue weighted by Gasteiger charge is -2.24. The van der Waals surface area contributed by atoms with Gasteiger partial charge in [-0.1, -0.05) is 45.0 Å². The minimum absolute atomic E-state index is 0.0360. The van der Waals surface area contributed by atoms with Crippen molar-refractivity contribution >= 4 is 52.5 Å². The third kappa shape index (κ3) is 4.42. The summed E-state index contributed by atoms with van der Waals surface area (Å²) >= 11 is 12.8. The fourth-order valence-electron chi connectivity index (χ4n) is 2.61. The quantitative estimate of drug-likeness (QED) is 0.436. The predicted molar refractivity (Wildman–Crippen MR) is 95.1 cm³/mol. The summed E-state index contributed by atoms with van der Waals surface area (Å²) in [6, 6.07) is 7.20. The van der Waals surface area contributed by atoms with E-state index in [-0.39, 0.29) is 36.9 Å². The number of carbonyl (C=O) groups excluding carboxylic acids is 2. The van der Waals surface area contributed by atoms with Crippen molar-refractivity contribution in [1.82, 2.24) is 9.59 Å². The van der Waals surface area contributed by atoms with Gasteiger partial charge in [-0.2, -0.15) is 0 Å². The first kappa shape index (κ1) is 18.0. The second-order valence-corrected chi connectivity index (χ2v) is 7.38. The molecule has 1 aromatic heterocycles. The average molecular weight is 398 g/mol. The van der Waals surface area contributed by atoms with E-state index in [1.54, 1.807) is 12.1 Å². The smallest absolute Gasteiger partial charge is 0.163 e. The van der Waals surface area contributed by atoms with Gasteiger partial charge in [-0.25, -0.2) is 0 Å². The number of hydrogen-bond donors (Lipinski definition) is 0. The van der Waals surface area contributed by atoms with E-state index >= 15 is 0 Å². The monoisotopic (exact) mass is 397 g/mol. The zero-order valence-electron chi connectivity index (χ0n) is 12.9. The van der Waals surface area contributed by atoms with Crippen LogP contribution in [0.3, 0.4) is 0 Å². The minimum Gasteiger partial charge on any atom is -0.389 e. The fourth-order valence-corrected chi connectivity index (χ4v) is 3.34. The van der Waals surface area contributed by atoms with Crippen LogP contribution in [0.25, 0.3) is 0 Å². The molecule has 9 heteroatoms. The summed E-state index contributed by atoms with van der Waals surface area (Å²) in [4.78, 5) is 29.6. The highest BCUT2D eigenvalue weighted by molar-refractivity contribution is 7.10. The molecule has 6 nitrogen and oxygen atoms in total. The van der Waals surface area contributed by atoms with E-state index < -0.39 is 5.92 Å². The first-order valence-corrected chi connectivity index (χ1v) is 9.00. The van der Waals surface area contributed by atoms with Crippen LogP contribution in [-0.4, -0.2) is 27.4 Å². The van der Waals surface area contributed by atoms with Crippen LogP contribution in [0, 0.1) is 5.92 Å². The largest absolute Gasteiger partial charge is 0.389 e. The molecule has 0 bridgehead atoms. The molecule has 1 aliphatic rings. The van der Waals surface area contributed by atoms with Gasteiger partial charge in [0.1, 0.15) is 27.5 Å². The van der Waals surface area contributed by atoms with E-state index in [2.05, 4.69) is 14.7 Å². The van der Waals surface area contributed by atoms with E-state index in [9.17, 15) is 9.59 Å². The van der Waals surface area contributed by atoms with Crippen molar-refractivity contribution in [3.63, 3.8) is 0 Å². The van der Waals surface area contributed by atoms with Crippen molar-refractivity contribution in [2.75, 3.05) is 0 Å². The maximum atomic E-state index is 12.3. The average Bonchev–Trinajstić information content (AvgIpc) is 2.99. The highest BCUT2D eigenvalue weighted by Gasteiger charge is 2.35. The second kappa shape index (κ2) is 8.03. The normalized spacial score (nSPS) is 21.0. The summed E-state index contributed by atoms with van der Waals surface area (Å²) in [6.45, 7) is 0.0360. The molecule has 2 aromatic rings. The maximum Gasteiger partial charge on any atom is 0.163 e. The number of nitrogens with zero attached hydrogens (tertiary/aromatic N) is 3. The molecule has 1 heterocycles. The van der Waals surface area contributed by atoms with Crippen molar-refractivity contribution < 1.29 is 14.4 Å². The van der Waals surface area contributed by atoms with Gasteiger partial charge in [-0.3, -0.25) is 9.59 Å². The summed E-state index contributed by atoms with van der Waals surface area (Å²) in [5.74, 6) is -1.33. The van der Waals surface area contributed by atoms with E-state index in [1.165, 1.54) is 6.21 Å². The van der Waals surface area contributed by atoms with Gasteiger partial charge in [0.25, 0.3) is 0 Å². The number of oxime groups is 1. The van der Waals surface area contributed by atoms with Crippen molar-refractivity contribution in [2.24, 2.45) is 11.1 Å². The van der Waals surface area contributed by atoms with Crippen LogP contribution in [0.1, 0.15) is 30.0 Å². The summed E-state index contributed by atoms with van der Waals surface area (Å²) in [5, 5.41) is 8.11. The molecule has 25 heavy (non-hydrogen) atoms. The molecule has 1 aliphatic carbocycles. The highest BCUT2D eigenvalue weighted by atomic mass is 35.5. The molecular formula is C16H13Cl2N3O3S. The number of carbonyl (C=O) groups is 2. The summed E-state index contributed by atoms with van der Waals surface area (Å²) in [5.41, 5.74) is 1.40. The van der Waals surface area contributed by atoms with Crippen molar-refractivity contribution in [3.8, 4) is 0 Å². The summed E-state index contributed by atoms with van der Waals surface area (Å²) in [6.07, 6.45) is 1.81. The Bertz CT molecular complexity index is 789. The summed E-state index contributed by atoms with van der Waals surface area (Å²) < 4.78 is 4.09. The number of ketones is 2. The topological polar surface area (TPSA) is 81.5 Å². The molecule has 0 N–H and O–H groups in total. The second-order valence-electron chi connectivity index (χ2n) is 5.59. The van der Waals surface area contributed by atoms with E-state index in [1.807, 2.05) is 12.1 Å². The van der Waals surface area contributed by atoms with Gasteiger partial charge in [0.05, 0.1) is 6.21 Å². The van der Waals surface area contributed by atoms with E-state index in [0.29, 0.717) is 15.1 Å². The van der Waals surface area contributed by atoms with Gasteiger partial charge in [0.2, 0.25) is 0 Å². The molecule has 1 aromatic carbocycles. The Hall–Kier alpha value is -1.83. The molecule has 0 amide bonds. The molecule has 0 atom stereocenters. The fraction of sp³-hybridized carbons (Fsp3) is 0.312.